The standard InChI is InChI=1S/C25H23FN4O4S/c1-18-16-24(30(28-18)21-6-4-3-5-7-21)27-25(31)17-34-22-12-10-20(11-13-22)29(2)35(32,33)23-14-8-19(26)9-15-23/h3-16H,17H2,1-2H3,(H,27,31). The van der Waals surface area contributed by atoms with E-state index in [4.69, 9.17) is 4.74 Å². The zero-order chi connectivity index (χ0) is 25.0. The molecule has 10 heteroatoms. The Morgan fingerprint density at radius 2 is 1.69 bits per heavy atom. The van der Waals surface area contributed by atoms with Crippen LogP contribution in [0.2, 0.25) is 0 Å². The van der Waals surface area contributed by atoms with Gasteiger partial charge < -0.3 is 10.1 Å². The van der Waals surface area contributed by atoms with Gasteiger partial charge in [-0.15, -0.1) is 0 Å². The van der Waals surface area contributed by atoms with E-state index in [9.17, 15) is 17.6 Å². The van der Waals surface area contributed by atoms with E-state index in [1.54, 1.807) is 35.0 Å². The van der Waals surface area contributed by atoms with Crippen LogP contribution in [-0.4, -0.2) is 37.8 Å². The third-order valence-corrected chi connectivity index (χ3v) is 6.94. The minimum atomic E-state index is -3.85. The smallest absolute Gasteiger partial charge is 0.264 e. The van der Waals surface area contributed by atoms with Gasteiger partial charge in [-0.3, -0.25) is 9.10 Å². The van der Waals surface area contributed by atoms with E-state index < -0.39 is 15.8 Å². The molecule has 180 valence electrons. The van der Waals surface area contributed by atoms with Gasteiger partial charge in [0.25, 0.3) is 15.9 Å². The molecule has 0 atom stereocenters. The number of hydrogen-bond donors (Lipinski definition) is 1. The molecule has 1 N–H and O–H groups in total. The normalized spacial score (nSPS) is 11.2. The van der Waals surface area contributed by atoms with Gasteiger partial charge in [0, 0.05) is 13.1 Å². The van der Waals surface area contributed by atoms with E-state index in [2.05, 4.69) is 10.4 Å². The summed E-state index contributed by atoms with van der Waals surface area (Å²) in [5.41, 5.74) is 1.95. The van der Waals surface area contributed by atoms with Crippen LogP contribution in [0, 0.1) is 12.7 Å². The van der Waals surface area contributed by atoms with Gasteiger partial charge in [-0.05, 0) is 67.6 Å². The van der Waals surface area contributed by atoms with E-state index in [0.29, 0.717) is 17.3 Å². The second-order valence-corrected chi connectivity index (χ2v) is 9.64. The molecule has 1 amide bonds. The molecular weight excluding hydrogens is 471 g/mol. The lowest BCUT2D eigenvalue weighted by Crippen LogP contribution is -2.26. The van der Waals surface area contributed by atoms with Gasteiger partial charge in [0.05, 0.1) is 22.0 Å². The Morgan fingerprint density at radius 3 is 2.34 bits per heavy atom. The number of para-hydroxylation sites is 1. The summed E-state index contributed by atoms with van der Waals surface area (Å²) < 4.78 is 46.9. The van der Waals surface area contributed by atoms with Crippen molar-refractivity contribution >= 4 is 27.4 Å². The average molecular weight is 495 g/mol. The first-order valence-corrected chi connectivity index (χ1v) is 12.1. The summed E-state index contributed by atoms with van der Waals surface area (Å²) in [6.07, 6.45) is 0. The van der Waals surface area contributed by atoms with Crippen LogP contribution in [-0.2, 0) is 14.8 Å². The number of rotatable bonds is 8. The predicted octanol–water partition coefficient (Wildman–Crippen LogP) is 4.16. The largest absolute Gasteiger partial charge is 0.484 e. The molecule has 0 radical (unpaired) electrons. The van der Waals surface area contributed by atoms with Gasteiger partial charge in [0.1, 0.15) is 17.4 Å². The molecule has 1 heterocycles. The van der Waals surface area contributed by atoms with Crippen molar-refractivity contribution in [1.82, 2.24) is 9.78 Å². The number of carbonyl (C=O) groups excluding carboxylic acids is 1. The molecule has 0 bridgehead atoms. The van der Waals surface area contributed by atoms with Crippen molar-refractivity contribution in [1.29, 1.82) is 0 Å². The van der Waals surface area contributed by atoms with Crippen molar-refractivity contribution in [3.8, 4) is 11.4 Å². The van der Waals surface area contributed by atoms with Crippen LogP contribution in [0.25, 0.3) is 5.69 Å². The Bertz CT molecular complexity index is 1420. The highest BCUT2D eigenvalue weighted by Gasteiger charge is 2.21. The number of benzene rings is 3. The molecule has 0 aliphatic heterocycles. The molecule has 0 saturated heterocycles. The van der Waals surface area contributed by atoms with Crippen molar-refractivity contribution < 1.29 is 22.3 Å². The first kappa shape index (κ1) is 24.0. The van der Waals surface area contributed by atoms with Crippen LogP contribution < -0.4 is 14.4 Å². The molecule has 1 aromatic heterocycles. The average Bonchev–Trinajstić information content (AvgIpc) is 3.23. The summed E-state index contributed by atoms with van der Waals surface area (Å²) >= 11 is 0. The fourth-order valence-electron chi connectivity index (χ4n) is 3.34. The van der Waals surface area contributed by atoms with Crippen molar-refractivity contribution in [3.63, 3.8) is 0 Å². The highest BCUT2D eigenvalue weighted by atomic mass is 32.2. The Hall–Kier alpha value is -4.18. The highest BCUT2D eigenvalue weighted by Crippen LogP contribution is 2.24. The summed E-state index contributed by atoms with van der Waals surface area (Å²) in [6.45, 7) is 1.59. The molecule has 0 aliphatic rings. The fourth-order valence-corrected chi connectivity index (χ4v) is 4.53. The van der Waals surface area contributed by atoms with Crippen LogP contribution >= 0.6 is 0 Å². The van der Waals surface area contributed by atoms with Crippen LogP contribution in [0.3, 0.4) is 0 Å². The number of anilines is 2. The maximum Gasteiger partial charge on any atom is 0.264 e. The Kier molecular flexibility index (Phi) is 6.83. The van der Waals surface area contributed by atoms with Gasteiger partial charge in [0.2, 0.25) is 0 Å². The first-order valence-electron chi connectivity index (χ1n) is 10.6. The summed E-state index contributed by atoms with van der Waals surface area (Å²) in [5, 5.41) is 7.21. The Morgan fingerprint density at radius 1 is 1.03 bits per heavy atom. The minimum Gasteiger partial charge on any atom is -0.484 e. The minimum absolute atomic E-state index is 0.0247. The van der Waals surface area contributed by atoms with E-state index in [-0.39, 0.29) is 17.4 Å². The van der Waals surface area contributed by atoms with Crippen molar-refractivity contribution in [2.45, 2.75) is 11.8 Å². The van der Waals surface area contributed by atoms with Crippen LogP contribution in [0.4, 0.5) is 15.9 Å². The lowest BCUT2D eigenvalue weighted by atomic mass is 10.3. The number of hydrogen-bond acceptors (Lipinski definition) is 5. The van der Waals surface area contributed by atoms with Gasteiger partial charge in [-0.2, -0.15) is 5.10 Å². The monoisotopic (exact) mass is 494 g/mol. The quantitative estimate of drug-likeness (QED) is 0.397. The second-order valence-electron chi connectivity index (χ2n) is 7.68. The summed E-state index contributed by atoms with van der Waals surface area (Å²) in [4.78, 5) is 12.4. The summed E-state index contributed by atoms with van der Waals surface area (Å²) in [6, 6.07) is 22.0. The third kappa shape index (κ3) is 5.49. The number of carbonyl (C=O) groups is 1. The highest BCUT2D eigenvalue weighted by molar-refractivity contribution is 7.92. The Labute approximate surface area is 202 Å². The van der Waals surface area contributed by atoms with Crippen molar-refractivity contribution in [2.75, 3.05) is 23.3 Å². The molecular formula is C25H23FN4O4S. The molecule has 8 nitrogen and oxygen atoms in total. The molecule has 0 saturated carbocycles. The number of nitrogens with zero attached hydrogens (tertiary/aromatic N) is 3. The Balaban J connectivity index is 1.38. The molecule has 0 fully saturated rings. The predicted molar refractivity (Wildman–Crippen MR) is 131 cm³/mol. The maximum absolute atomic E-state index is 13.1. The van der Waals surface area contributed by atoms with Crippen LogP contribution in [0.1, 0.15) is 5.69 Å². The lowest BCUT2D eigenvalue weighted by molar-refractivity contribution is -0.118. The van der Waals surface area contributed by atoms with Gasteiger partial charge in [-0.1, -0.05) is 18.2 Å². The molecule has 4 aromatic rings. The van der Waals surface area contributed by atoms with Gasteiger partial charge >= 0.3 is 0 Å². The van der Waals surface area contributed by atoms with E-state index >= 15 is 0 Å². The number of sulfonamides is 1. The molecule has 4 rings (SSSR count). The zero-order valence-electron chi connectivity index (χ0n) is 19.1. The maximum atomic E-state index is 13.1. The zero-order valence-corrected chi connectivity index (χ0v) is 19.9. The molecule has 0 spiro atoms. The number of ether oxygens (including phenoxy) is 1. The van der Waals surface area contributed by atoms with Crippen LogP contribution in [0.15, 0.2) is 89.8 Å². The number of halogens is 1. The molecule has 0 unspecified atom stereocenters. The van der Waals surface area contributed by atoms with Crippen LogP contribution in [0.5, 0.6) is 5.75 Å². The second kappa shape index (κ2) is 9.98. The third-order valence-electron chi connectivity index (χ3n) is 5.14. The molecule has 3 aromatic carbocycles. The number of aryl methyl sites for hydroxylation is 1. The molecule has 35 heavy (non-hydrogen) atoms. The SMILES string of the molecule is Cc1cc(NC(=O)COc2ccc(N(C)S(=O)(=O)c3ccc(F)cc3)cc2)n(-c2ccccc2)n1. The van der Waals surface area contributed by atoms with Gasteiger partial charge in [-0.25, -0.2) is 17.5 Å². The summed E-state index contributed by atoms with van der Waals surface area (Å²) in [7, 11) is -2.45. The molecule has 0 aliphatic carbocycles. The fraction of sp³-hybridized carbons (Fsp3) is 0.120. The number of aromatic nitrogens is 2. The number of nitrogens with one attached hydrogen (secondary N) is 1. The first-order chi connectivity index (χ1) is 16.7. The van der Waals surface area contributed by atoms with E-state index in [0.717, 1.165) is 27.8 Å². The van der Waals surface area contributed by atoms with Gasteiger partial charge in [0.15, 0.2) is 6.61 Å². The van der Waals surface area contributed by atoms with E-state index in [1.165, 1.54) is 19.2 Å². The lowest BCUT2D eigenvalue weighted by Gasteiger charge is -2.20. The number of amides is 1. The van der Waals surface area contributed by atoms with E-state index in [1.807, 2.05) is 37.3 Å². The van der Waals surface area contributed by atoms with Crippen molar-refractivity contribution in [3.05, 3.63) is 96.4 Å². The van der Waals surface area contributed by atoms with Crippen molar-refractivity contribution in [2.24, 2.45) is 0 Å². The summed E-state index contributed by atoms with van der Waals surface area (Å²) in [5.74, 6) is 0.0217. The topological polar surface area (TPSA) is 93.5 Å².